The molecule has 1 aliphatic carbocycles. The minimum atomic E-state index is 0.634. The molecule has 0 bridgehead atoms. The fraction of sp³-hybridized carbons (Fsp3) is 0.294. The van der Waals surface area contributed by atoms with Crippen LogP contribution < -0.4 is 4.90 Å². The topological polar surface area (TPSA) is 39.9 Å². The van der Waals surface area contributed by atoms with E-state index in [1.54, 1.807) is 11.3 Å². The zero-order valence-electron chi connectivity index (χ0n) is 12.2. The normalized spacial score (nSPS) is 14.8. The van der Waals surface area contributed by atoms with Gasteiger partial charge in [-0.15, -0.1) is 11.3 Å². The summed E-state index contributed by atoms with van der Waals surface area (Å²) in [4.78, 5) is 6.66. The number of rotatable bonds is 4. The summed E-state index contributed by atoms with van der Waals surface area (Å²) in [5, 5.41) is 12.3. The third-order valence-corrected chi connectivity index (χ3v) is 4.48. The molecule has 0 saturated heterocycles. The Hall–Kier alpha value is -2.12. The molecule has 1 fully saturated rings. The number of nitriles is 1. The smallest absolute Gasteiger partial charge is 0.134 e. The molecule has 1 saturated carbocycles. The van der Waals surface area contributed by atoms with Gasteiger partial charge in [0.25, 0.3) is 0 Å². The summed E-state index contributed by atoms with van der Waals surface area (Å²) in [6, 6.07) is 10.4. The highest BCUT2D eigenvalue weighted by molar-refractivity contribution is 7.11. The van der Waals surface area contributed by atoms with Crippen molar-refractivity contribution < 1.29 is 0 Å². The van der Waals surface area contributed by atoms with Gasteiger partial charge < -0.3 is 4.90 Å². The molecule has 1 aliphatic rings. The highest BCUT2D eigenvalue weighted by Gasteiger charge is 2.26. The van der Waals surface area contributed by atoms with Gasteiger partial charge >= 0.3 is 0 Å². The fourth-order valence-electron chi connectivity index (χ4n) is 2.15. The van der Waals surface area contributed by atoms with Crippen molar-refractivity contribution in [2.75, 3.05) is 19.0 Å². The molecule has 0 unspecified atom stereocenters. The molecule has 1 heterocycles. The third-order valence-electron chi connectivity index (χ3n) is 3.59. The summed E-state index contributed by atoms with van der Waals surface area (Å²) in [5.74, 6) is 0.634. The van der Waals surface area contributed by atoms with Crippen LogP contribution in [0.5, 0.6) is 0 Å². The first-order chi connectivity index (χ1) is 10.2. The largest absolute Gasteiger partial charge is 0.378 e. The molecule has 106 valence electrons. The van der Waals surface area contributed by atoms with E-state index in [2.05, 4.69) is 33.5 Å². The third kappa shape index (κ3) is 3.14. The maximum absolute atomic E-state index is 9.39. The van der Waals surface area contributed by atoms with Gasteiger partial charge in [-0.3, -0.25) is 0 Å². The fourth-order valence-corrected chi connectivity index (χ4v) is 3.02. The average Bonchev–Trinajstić information content (AvgIpc) is 3.23. The van der Waals surface area contributed by atoms with E-state index in [-0.39, 0.29) is 0 Å². The molecule has 3 rings (SSSR count). The van der Waals surface area contributed by atoms with E-state index in [0.717, 1.165) is 22.0 Å². The predicted octanol–water partition coefficient (Wildman–Crippen LogP) is 4.15. The lowest BCUT2D eigenvalue weighted by atomic mass is 10.1. The van der Waals surface area contributed by atoms with Gasteiger partial charge in [-0.05, 0) is 36.6 Å². The molecule has 1 aromatic carbocycles. The summed E-state index contributed by atoms with van der Waals surface area (Å²) in [6.07, 6.45) is 4.39. The lowest BCUT2D eigenvalue weighted by Crippen LogP contribution is -2.07. The van der Waals surface area contributed by atoms with E-state index in [4.69, 9.17) is 0 Å². The van der Waals surface area contributed by atoms with Gasteiger partial charge in [-0.2, -0.15) is 5.26 Å². The van der Waals surface area contributed by atoms with Crippen LogP contribution in [0.1, 0.15) is 35.0 Å². The number of benzene rings is 1. The van der Waals surface area contributed by atoms with Crippen LogP contribution in [0.15, 0.2) is 29.6 Å². The molecule has 0 radical (unpaired) electrons. The van der Waals surface area contributed by atoms with Gasteiger partial charge in [-0.1, -0.05) is 12.1 Å². The summed E-state index contributed by atoms with van der Waals surface area (Å²) in [7, 11) is 4.03. The van der Waals surface area contributed by atoms with Gasteiger partial charge in [0.15, 0.2) is 0 Å². The number of aromatic nitrogens is 1. The van der Waals surface area contributed by atoms with Crippen molar-refractivity contribution in [3.8, 4) is 6.07 Å². The Balaban J connectivity index is 1.85. The first-order valence-electron chi connectivity index (χ1n) is 7.02. The zero-order valence-corrected chi connectivity index (χ0v) is 13.0. The van der Waals surface area contributed by atoms with Crippen LogP contribution in [0, 0.1) is 11.3 Å². The van der Waals surface area contributed by atoms with E-state index in [9.17, 15) is 5.26 Å². The zero-order chi connectivity index (χ0) is 14.8. The van der Waals surface area contributed by atoms with Crippen molar-refractivity contribution in [2.45, 2.75) is 18.8 Å². The number of anilines is 1. The van der Waals surface area contributed by atoms with E-state index >= 15 is 0 Å². The molecule has 1 aromatic heterocycles. The van der Waals surface area contributed by atoms with E-state index in [0.29, 0.717) is 11.5 Å². The van der Waals surface area contributed by atoms with Crippen LogP contribution in [0.2, 0.25) is 0 Å². The minimum absolute atomic E-state index is 0.634. The Bertz CT molecular complexity index is 700. The molecule has 21 heavy (non-hydrogen) atoms. The van der Waals surface area contributed by atoms with Gasteiger partial charge in [0.1, 0.15) is 11.1 Å². The van der Waals surface area contributed by atoms with Gasteiger partial charge in [0.2, 0.25) is 0 Å². The van der Waals surface area contributed by atoms with Crippen LogP contribution in [-0.4, -0.2) is 19.1 Å². The van der Waals surface area contributed by atoms with Crippen molar-refractivity contribution in [1.29, 1.82) is 5.26 Å². The molecule has 3 nitrogen and oxygen atoms in total. The highest BCUT2D eigenvalue weighted by atomic mass is 32.1. The molecule has 2 aromatic rings. The summed E-state index contributed by atoms with van der Waals surface area (Å²) >= 11 is 1.57. The quantitative estimate of drug-likeness (QED) is 0.795. The van der Waals surface area contributed by atoms with Crippen LogP contribution in [-0.2, 0) is 0 Å². The summed E-state index contributed by atoms with van der Waals surface area (Å²) < 4.78 is 0. The molecule has 4 heteroatoms. The molecular weight excluding hydrogens is 278 g/mol. The van der Waals surface area contributed by atoms with Crippen molar-refractivity contribution in [3.05, 3.63) is 45.9 Å². The molecule has 0 aliphatic heterocycles. The highest BCUT2D eigenvalue weighted by Crippen LogP contribution is 2.40. The standard InChI is InChI=1S/C17H17N3S/c1-20(2)15-7-3-12(4-8-15)9-14(10-18)17-19-16(11-21-17)13-5-6-13/h3-4,7-9,11,13H,5-6H2,1-2H3. The molecular formula is C17H17N3S. The SMILES string of the molecule is CN(C)c1ccc(C=C(C#N)c2nc(C3CC3)cs2)cc1. The van der Waals surface area contributed by atoms with Gasteiger partial charge in [0, 0.05) is 31.1 Å². The Kier molecular flexibility index (Phi) is 3.76. The monoisotopic (exact) mass is 295 g/mol. The van der Waals surface area contributed by atoms with Crippen LogP contribution in [0.4, 0.5) is 5.69 Å². The Morgan fingerprint density at radius 3 is 2.62 bits per heavy atom. The van der Waals surface area contributed by atoms with E-state index < -0.39 is 0 Å². The second kappa shape index (κ2) is 5.71. The minimum Gasteiger partial charge on any atom is -0.378 e. The second-order valence-electron chi connectivity index (χ2n) is 5.51. The summed E-state index contributed by atoms with van der Waals surface area (Å²) in [6.45, 7) is 0. The molecule has 0 amide bonds. The summed E-state index contributed by atoms with van der Waals surface area (Å²) in [5.41, 5.74) is 3.97. The number of allylic oxidation sites excluding steroid dienone is 1. The van der Waals surface area contributed by atoms with Crippen LogP contribution in [0.3, 0.4) is 0 Å². The lowest BCUT2D eigenvalue weighted by molar-refractivity contribution is 1.05. The molecule has 0 N–H and O–H groups in total. The van der Waals surface area contributed by atoms with Crippen molar-refractivity contribution in [1.82, 2.24) is 4.98 Å². The van der Waals surface area contributed by atoms with Gasteiger partial charge in [-0.25, -0.2) is 4.98 Å². The number of hydrogen-bond donors (Lipinski definition) is 0. The first-order valence-corrected chi connectivity index (χ1v) is 7.90. The van der Waals surface area contributed by atoms with Crippen LogP contribution >= 0.6 is 11.3 Å². The lowest BCUT2D eigenvalue weighted by Gasteiger charge is -2.11. The Morgan fingerprint density at radius 1 is 1.33 bits per heavy atom. The Morgan fingerprint density at radius 2 is 2.05 bits per heavy atom. The maximum Gasteiger partial charge on any atom is 0.134 e. The maximum atomic E-state index is 9.39. The molecule has 0 spiro atoms. The van der Waals surface area contributed by atoms with Crippen LogP contribution in [0.25, 0.3) is 11.6 Å². The average molecular weight is 295 g/mol. The number of nitrogens with zero attached hydrogens (tertiary/aromatic N) is 3. The van der Waals surface area contributed by atoms with E-state index in [1.807, 2.05) is 32.3 Å². The van der Waals surface area contributed by atoms with Gasteiger partial charge in [0.05, 0.1) is 11.3 Å². The number of thiazole rings is 1. The second-order valence-corrected chi connectivity index (χ2v) is 6.37. The Labute approximate surface area is 129 Å². The molecule has 0 atom stereocenters. The van der Waals surface area contributed by atoms with E-state index in [1.165, 1.54) is 12.8 Å². The first kappa shape index (κ1) is 13.8. The number of hydrogen-bond acceptors (Lipinski definition) is 4. The van der Waals surface area contributed by atoms with Crippen molar-refractivity contribution in [3.63, 3.8) is 0 Å². The van der Waals surface area contributed by atoms with Crippen molar-refractivity contribution in [2.24, 2.45) is 0 Å². The van der Waals surface area contributed by atoms with Crippen molar-refractivity contribution >= 4 is 28.7 Å². The predicted molar refractivity (Wildman–Crippen MR) is 88.3 cm³/mol.